The molecule has 0 atom stereocenters. The molecule has 1 aromatic heterocycles. The van der Waals surface area contributed by atoms with Crippen LogP contribution in [0.15, 0.2) is 48.5 Å². The molecule has 178 valence electrons. The number of anilines is 2. The molecular weight excluding hydrogens is 452 g/mol. The van der Waals surface area contributed by atoms with Crippen LogP contribution in [0.5, 0.6) is 0 Å². The summed E-state index contributed by atoms with van der Waals surface area (Å²) in [7, 11) is 3.46. The van der Waals surface area contributed by atoms with Crippen molar-refractivity contribution in [2.75, 3.05) is 24.7 Å². The van der Waals surface area contributed by atoms with E-state index in [1.807, 2.05) is 36.4 Å². The lowest BCUT2D eigenvalue weighted by Crippen LogP contribution is -2.28. The van der Waals surface area contributed by atoms with E-state index < -0.39 is 6.09 Å². The number of nitrogens with one attached hydrogen (secondary N) is 2. The summed E-state index contributed by atoms with van der Waals surface area (Å²) in [5.41, 5.74) is 4.22. The van der Waals surface area contributed by atoms with E-state index in [4.69, 9.17) is 0 Å². The molecule has 0 radical (unpaired) electrons. The fraction of sp³-hybridized carbons (Fsp3) is 0.280. The Balaban J connectivity index is 1.68. The Hall–Kier alpha value is -3.72. The first kappa shape index (κ1) is 24.9. The fourth-order valence-corrected chi connectivity index (χ4v) is 4.50. The van der Waals surface area contributed by atoms with Crippen LogP contribution in [0.3, 0.4) is 0 Å². The van der Waals surface area contributed by atoms with Crippen LogP contribution in [0.4, 0.5) is 15.6 Å². The van der Waals surface area contributed by atoms with Gasteiger partial charge in [-0.15, -0.1) is 11.3 Å². The van der Waals surface area contributed by atoms with Crippen molar-refractivity contribution in [3.05, 3.63) is 75.8 Å². The Bertz CT molecular complexity index is 1150. The number of amides is 3. The summed E-state index contributed by atoms with van der Waals surface area (Å²) in [5.74, 6) is -0.191. The SMILES string of the molecule is CC(=O)Nc1nc(CCc2ccc(NC(=O)[O-])cc2)c(CCc2ccc(C(=O)N(C)C)cc2)s1. The average Bonchev–Trinajstić information content (AvgIpc) is 3.17. The molecule has 3 amide bonds. The molecule has 0 aliphatic heterocycles. The lowest BCUT2D eigenvalue weighted by Gasteiger charge is -2.10. The lowest BCUT2D eigenvalue weighted by atomic mass is 10.0. The molecule has 3 aromatic rings. The highest BCUT2D eigenvalue weighted by molar-refractivity contribution is 7.15. The van der Waals surface area contributed by atoms with E-state index in [0.29, 0.717) is 22.8 Å². The topological polar surface area (TPSA) is 114 Å². The molecule has 0 bridgehead atoms. The highest BCUT2D eigenvalue weighted by atomic mass is 32.1. The number of carbonyl (C=O) groups excluding carboxylic acids is 3. The minimum atomic E-state index is -1.34. The van der Waals surface area contributed by atoms with Crippen molar-refractivity contribution >= 4 is 40.1 Å². The van der Waals surface area contributed by atoms with E-state index in [0.717, 1.165) is 41.0 Å². The van der Waals surface area contributed by atoms with E-state index in [1.165, 1.54) is 18.3 Å². The zero-order chi connectivity index (χ0) is 24.7. The Morgan fingerprint density at radius 3 is 2.03 bits per heavy atom. The Kier molecular flexibility index (Phi) is 8.37. The van der Waals surface area contributed by atoms with Crippen LogP contribution in [0.25, 0.3) is 0 Å². The number of aryl methyl sites for hydroxylation is 4. The first-order chi connectivity index (χ1) is 16.2. The molecule has 0 saturated heterocycles. The Morgan fingerprint density at radius 2 is 1.47 bits per heavy atom. The van der Waals surface area contributed by atoms with Crippen LogP contribution in [0.1, 0.15) is 39.0 Å². The maximum Gasteiger partial charge on any atom is 0.253 e. The molecule has 3 rings (SSSR count). The summed E-state index contributed by atoms with van der Waals surface area (Å²) < 4.78 is 0. The van der Waals surface area contributed by atoms with Crippen LogP contribution in [0.2, 0.25) is 0 Å². The molecule has 0 spiro atoms. The van der Waals surface area contributed by atoms with E-state index in [9.17, 15) is 19.5 Å². The number of thiazole rings is 1. The van der Waals surface area contributed by atoms with Crippen molar-refractivity contribution in [1.82, 2.24) is 9.88 Å². The maximum atomic E-state index is 12.1. The van der Waals surface area contributed by atoms with Gasteiger partial charge in [-0.3, -0.25) is 9.59 Å². The molecule has 8 nitrogen and oxygen atoms in total. The number of benzene rings is 2. The summed E-state index contributed by atoms with van der Waals surface area (Å²) in [6.07, 6.45) is 1.62. The van der Waals surface area contributed by atoms with Crippen LogP contribution in [0, 0.1) is 0 Å². The second kappa shape index (κ2) is 11.4. The lowest BCUT2D eigenvalue weighted by molar-refractivity contribution is -0.242. The zero-order valence-corrected chi connectivity index (χ0v) is 20.2. The van der Waals surface area contributed by atoms with Gasteiger partial charge in [0, 0.05) is 37.1 Å². The molecule has 0 unspecified atom stereocenters. The van der Waals surface area contributed by atoms with Crippen LogP contribution in [-0.4, -0.2) is 41.9 Å². The molecule has 2 N–H and O–H groups in total. The highest BCUT2D eigenvalue weighted by Crippen LogP contribution is 2.26. The van der Waals surface area contributed by atoms with E-state index in [1.54, 1.807) is 31.1 Å². The minimum absolute atomic E-state index is 0.0281. The predicted octanol–water partition coefficient (Wildman–Crippen LogP) is 3.13. The summed E-state index contributed by atoms with van der Waals surface area (Å²) in [5, 5.41) is 16.2. The molecule has 0 saturated carbocycles. The number of aromatic nitrogens is 1. The van der Waals surface area contributed by atoms with Gasteiger partial charge < -0.3 is 25.4 Å². The van der Waals surface area contributed by atoms with Crippen molar-refractivity contribution in [2.45, 2.75) is 32.6 Å². The second-order valence-corrected chi connectivity index (χ2v) is 9.16. The van der Waals surface area contributed by atoms with Gasteiger partial charge in [-0.2, -0.15) is 0 Å². The molecule has 0 fully saturated rings. The van der Waals surface area contributed by atoms with Crippen molar-refractivity contribution in [2.24, 2.45) is 0 Å². The van der Waals surface area contributed by atoms with Gasteiger partial charge in [-0.1, -0.05) is 24.3 Å². The van der Waals surface area contributed by atoms with E-state index in [-0.39, 0.29) is 11.8 Å². The summed E-state index contributed by atoms with van der Waals surface area (Å²) in [6, 6.07) is 14.7. The highest BCUT2D eigenvalue weighted by Gasteiger charge is 2.13. The van der Waals surface area contributed by atoms with Crippen LogP contribution in [-0.2, 0) is 30.5 Å². The molecule has 2 aromatic carbocycles. The van der Waals surface area contributed by atoms with Gasteiger partial charge in [0.15, 0.2) is 5.13 Å². The first-order valence-corrected chi connectivity index (χ1v) is 11.7. The third-order valence-corrected chi connectivity index (χ3v) is 6.23. The first-order valence-electron chi connectivity index (χ1n) is 10.8. The van der Waals surface area contributed by atoms with Gasteiger partial charge in [0.25, 0.3) is 5.91 Å². The summed E-state index contributed by atoms with van der Waals surface area (Å²) in [6.45, 7) is 1.46. The smallest absolute Gasteiger partial charge is 0.253 e. The largest absolute Gasteiger partial charge is 0.530 e. The summed E-state index contributed by atoms with van der Waals surface area (Å²) >= 11 is 1.48. The van der Waals surface area contributed by atoms with Gasteiger partial charge in [-0.05, 0) is 61.1 Å². The van der Waals surface area contributed by atoms with Crippen molar-refractivity contribution in [3.8, 4) is 0 Å². The number of rotatable bonds is 9. The van der Waals surface area contributed by atoms with Crippen LogP contribution < -0.4 is 15.7 Å². The normalized spacial score (nSPS) is 10.6. The quantitative estimate of drug-likeness (QED) is 0.489. The Labute approximate surface area is 202 Å². The van der Waals surface area contributed by atoms with E-state index >= 15 is 0 Å². The fourth-order valence-electron chi connectivity index (χ4n) is 3.44. The third-order valence-electron chi connectivity index (χ3n) is 5.16. The van der Waals surface area contributed by atoms with Crippen LogP contribution >= 0.6 is 11.3 Å². The molecule has 0 aliphatic rings. The Morgan fingerprint density at radius 1 is 0.882 bits per heavy atom. The monoisotopic (exact) mass is 479 g/mol. The van der Waals surface area contributed by atoms with Crippen molar-refractivity contribution < 1.29 is 19.5 Å². The molecule has 1 heterocycles. The van der Waals surface area contributed by atoms with Gasteiger partial charge >= 0.3 is 0 Å². The minimum Gasteiger partial charge on any atom is -0.530 e. The third kappa shape index (κ3) is 7.14. The maximum absolute atomic E-state index is 12.1. The van der Waals surface area contributed by atoms with E-state index in [2.05, 4.69) is 15.6 Å². The molecule has 9 heteroatoms. The average molecular weight is 480 g/mol. The zero-order valence-electron chi connectivity index (χ0n) is 19.4. The summed E-state index contributed by atoms with van der Waals surface area (Å²) in [4.78, 5) is 41.5. The van der Waals surface area contributed by atoms with Gasteiger partial charge in [0.05, 0.1) is 5.69 Å². The van der Waals surface area contributed by atoms with Gasteiger partial charge in [0.1, 0.15) is 6.09 Å². The molecule has 34 heavy (non-hydrogen) atoms. The number of hydrogen-bond acceptors (Lipinski definition) is 6. The van der Waals surface area contributed by atoms with Gasteiger partial charge in [0.2, 0.25) is 5.91 Å². The van der Waals surface area contributed by atoms with Gasteiger partial charge in [-0.25, -0.2) is 4.98 Å². The number of hydrogen-bond donors (Lipinski definition) is 2. The number of carbonyl (C=O) groups is 3. The standard InChI is InChI=1S/C25H28N4O4S/c1-16(30)26-24-28-21(14-8-18-6-12-20(13-7-18)27-25(32)33)22(34-24)15-9-17-4-10-19(11-5-17)23(31)29(2)3/h4-7,10-13,27H,8-9,14-15H2,1-3H3,(H,32,33)(H,26,28,30)/p-1. The molecular formula is C25H27N4O4S-. The number of nitrogens with zero attached hydrogens (tertiary/aromatic N) is 2. The van der Waals surface area contributed by atoms with Crippen molar-refractivity contribution in [1.29, 1.82) is 0 Å². The number of carboxylic acid groups (broad SMARTS) is 1. The molecule has 0 aliphatic carbocycles. The second-order valence-electron chi connectivity index (χ2n) is 8.08. The van der Waals surface area contributed by atoms with Crippen molar-refractivity contribution in [3.63, 3.8) is 0 Å². The predicted molar refractivity (Wildman–Crippen MR) is 131 cm³/mol.